The maximum atomic E-state index is 8.15. The van der Waals surface area contributed by atoms with Crippen molar-refractivity contribution < 1.29 is 9.84 Å². The maximum Gasteiger partial charge on any atom is 0.0644 e. The molecular weight excluding hydrogens is 92.1 g/mol. The first-order valence-corrected chi connectivity index (χ1v) is 2.16. The van der Waals surface area contributed by atoms with Crippen LogP contribution in [0.4, 0.5) is 0 Å². The second-order valence-electron chi connectivity index (χ2n) is 1.11. The van der Waals surface area contributed by atoms with Crippen LogP contribution in [0.3, 0.4) is 0 Å². The number of hydrogen-bond donors (Lipinski definition) is 1. The van der Waals surface area contributed by atoms with E-state index < -0.39 is 0 Å². The molecule has 0 radical (unpaired) electrons. The number of hydrogen-bond acceptors (Lipinski definition) is 2. The first kappa shape index (κ1) is 6.66. The van der Waals surface area contributed by atoms with Crippen LogP contribution in [0.2, 0.25) is 0 Å². The van der Waals surface area contributed by atoms with Gasteiger partial charge in [-0.2, -0.15) is 0 Å². The van der Waals surface area contributed by atoms with Crippen molar-refractivity contribution in [1.82, 2.24) is 0 Å². The first-order chi connectivity index (χ1) is 3.41. The lowest BCUT2D eigenvalue weighted by Crippen LogP contribution is -1.81. The summed E-state index contributed by atoms with van der Waals surface area (Å²) in [5.74, 6) is 0. The quantitative estimate of drug-likeness (QED) is 0.515. The van der Waals surface area contributed by atoms with Crippen molar-refractivity contribution in [2.24, 2.45) is 0 Å². The topological polar surface area (TPSA) is 29.5 Å². The number of rotatable bonds is 3. The molecule has 2 heteroatoms. The van der Waals surface area contributed by atoms with Gasteiger partial charge in [-0.1, -0.05) is 12.2 Å². The minimum Gasteiger partial charge on any atom is -0.392 e. The van der Waals surface area contributed by atoms with Gasteiger partial charge in [0.2, 0.25) is 0 Å². The van der Waals surface area contributed by atoms with Gasteiger partial charge in [0.25, 0.3) is 0 Å². The highest BCUT2D eigenvalue weighted by Crippen LogP contribution is 1.69. The Morgan fingerprint density at radius 1 is 1.57 bits per heavy atom. The van der Waals surface area contributed by atoms with Crippen LogP contribution in [-0.4, -0.2) is 25.4 Å². The van der Waals surface area contributed by atoms with Crippen molar-refractivity contribution in [3.8, 4) is 0 Å². The molecule has 0 aliphatic rings. The van der Waals surface area contributed by atoms with Crippen LogP contribution in [-0.2, 0) is 4.74 Å². The fraction of sp³-hybridized carbons (Fsp3) is 0.600. The zero-order chi connectivity index (χ0) is 5.54. The molecule has 2 nitrogen and oxygen atoms in total. The van der Waals surface area contributed by atoms with Crippen LogP contribution in [0.1, 0.15) is 0 Å². The standard InChI is InChI=1S/C5H10O2/c1-7-5-3-2-4-6/h2-3,6H,4-5H2,1H3/b3-2+. The Hall–Kier alpha value is -0.340. The van der Waals surface area contributed by atoms with Crippen LogP contribution in [0, 0.1) is 0 Å². The molecule has 0 aliphatic heterocycles. The third-order valence-corrected chi connectivity index (χ3v) is 0.535. The smallest absolute Gasteiger partial charge is 0.0644 e. The van der Waals surface area contributed by atoms with E-state index in [1.165, 1.54) is 0 Å². The van der Waals surface area contributed by atoms with E-state index in [-0.39, 0.29) is 6.61 Å². The fourth-order valence-electron chi connectivity index (χ4n) is 0.239. The summed E-state index contributed by atoms with van der Waals surface area (Å²) in [6.07, 6.45) is 3.41. The maximum absolute atomic E-state index is 8.15. The van der Waals surface area contributed by atoms with Crippen molar-refractivity contribution in [2.45, 2.75) is 0 Å². The van der Waals surface area contributed by atoms with E-state index in [1.807, 2.05) is 0 Å². The highest BCUT2D eigenvalue weighted by atomic mass is 16.5. The van der Waals surface area contributed by atoms with Crippen LogP contribution >= 0.6 is 0 Å². The van der Waals surface area contributed by atoms with Gasteiger partial charge in [0.15, 0.2) is 0 Å². The Labute approximate surface area is 43.4 Å². The molecule has 42 valence electrons. The predicted octanol–water partition coefficient (Wildman–Crippen LogP) is 0.181. The molecule has 0 aliphatic carbocycles. The van der Waals surface area contributed by atoms with Gasteiger partial charge in [0, 0.05) is 7.11 Å². The van der Waals surface area contributed by atoms with Crippen molar-refractivity contribution in [2.75, 3.05) is 20.3 Å². The van der Waals surface area contributed by atoms with Crippen LogP contribution in [0.5, 0.6) is 0 Å². The number of ether oxygens (including phenoxy) is 1. The monoisotopic (exact) mass is 102 g/mol. The summed E-state index contributed by atoms with van der Waals surface area (Å²) in [6.45, 7) is 0.684. The van der Waals surface area contributed by atoms with Gasteiger partial charge in [-0.15, -0.1) is 0 Å². The Bertz CT molecular complexity index is 50.0. The van der Waals surface area contributed by atoms with Gasteiger partial charge in [0.1, 0.15) is 0 Å². The minimum atomic E-state index is 0.101. The molecule has 0 saturated carbocycles. The van der Waals surface area contributed by atoms with E-state index in [4.69, 9.17) is 5.11 Å². The van der Waals surface area contributed by atoms with Gasteiger partial charge in [-0.25, -0.2) is 0 Å². The molecule has 0 spiro atoms. The Morgan fingerprint density at radius 2 is 2.29 bits per heavy atom. The SMILES string of the molecule is COC/C=C/CO. The molecular formula is C5H10O2. The molecule has 0 saturated heterocycles. The second kappa shape index (κ2) is 5.66. The summed E-state index contributed by atoms with van der Waals surface area (Å²) >= 11 is 0. The van der Waals surface area contributed by atoms with E-state index in [1.54, 1.807) is 19.3 Å². The van der Waals surface area contributed by atoms with Gasteiger partial charge >= 0.3 is 0 Å². The van der Waals surface area contributed by atoms with Crippen molar-refractivity contribution >= 4 is 0 Å². The van der Waals surface area contributed by atoms with E-state index in [0.29, 0.717) is 6.61 Å². The summed E-state index contributed by atoms with van der Waals surface area (Å²) in [5, 5.41) is 8.15. The summed E-state index contributed by atoms with van der Waals surface area (Å²) < 4.78 is 4.65. The third-order valence-electron chi connectivity index (χ3n) is 0.535. The highest BCUT2D eigenvalue weighted by Gasteiger charge is 1.67. The van der Waals surface area contributed by atoms with Gasteiger partial charge < -0.3 is 9.84 Å². The highest BCUT2D eigenvalue weighted by molar-refractivity contribution is 4.79. The molecule has 0 aromatic rings. The lowest BCUT2D eigenvalue weighted by molar-refractivity contribution is 0.232. The average Bonchev–Trinajstić information content (AvgIpc) is 1.69. The summed E-state index contributed by atoms with van der Waals surface area (Å²) in [5.41, 5.74) is 0. The molecule has 0 bridgehead atoms. The van der Waals surface area contributed by atoms with Crippen LogP contribution < -0.4 is 0 Å². The fourth-order valence-corrected chi connectivity index (χ4v) is 0.239. The Balaban J connectivity index is 2.78. The molecule has 0 fully saturated rings. The van der Waals surface area contributed by atoms with Crippen molar-refractivity contribution in [3.63, 3.8) is 0 Å². The van der Waals surface area contributed by atoms with E-state index in [2.05, 4.69) is 4.74 Å². The molecule has 7 heavy (non-hydrogen) atoms. The number of aliphatic hydroxyl groups excluding tert-OH is 1. The lowest BCUT2D eigenvalue weighted by Gasteiger charge is -1.83. The molecule has 1 N–H and O–H groups in total. The second-order valence-corrected chi connectivity index (χ2v) is 1.11. The lowest BCUT2D eigenvalue weighted by atomic mass is 10.5. The molecule has 0 unspecified atom stereocenters. The Kier molecular flexibility index (Phi) is 5.39. The molecule has 0 aromatic heterocycles. The minimum absolute atomic E-state index is 0.101. The van der Waals surface area contributed by atoms with E-state index in [9.17, 15) is 0 Å². The Morgan fingerprint density at radius 3 is 2.71 bits per heavy atom. The third kappa shape index (κ3) is 5.66. The van der Waals surface area contributed by atoms with E-state index >= 15 is 0 Å². The molecule has 0 amide bonds. The summed E-state index contributed by atoms with van der Waals surface area (Å²) in [7, 11) is 1.61. The van der Waals surface area contributed by atoms with Gasteiger partial charge in [0.05, 0.1) is 13.2 Å². The van der Waals surface area contributed by atoms with Crippen LogP contribution in [0.25, 0.3) is 0 Å². The number of methoxy groups -OCH3 is 1. The summed E-state index contributed by atoms with van der Waals surface area (Å²) in [6, 6.07) is 0. The van der Waals surface area contributed by atoms with Crippen molar-refractivity contribution in [1.29, 1.82) is 0 Å². The predicted molar refractivity (Wildman–Crippen MR) is 28.1 cm³/mol. The van der Waals surface area contributed by atoms with Gasteiger partial charge in [-0.05, 0) is 0 Å². The van der Waals surface area contributed by atoms with Gasteiger partial charge in [-0.3, -0.25) is 0 Å². The first-order valence-electron chi connectivity index (χ1n) is 2.16. The van der Waals surface area contributed by atoms with Crippen LogP contribution in [0.15, 0.2) is 12.2 Å². The largest absolute Gasteiger partial charge is 0.392 e. The number of aliphatic hydroxyl groups is 1. The average molecular weight is 102 g/mol. The zero-order valence-corrected chi connectivity index (χ0v) is 4.42. The van der Waals surface area contributed by atoms with E-state index in [0.717, 1.165) is 0 Å². The normalized spacial score (nSPS) is 10.6. The molecule has 0 aromatic carbocycles. The molecule has 0 rings (SSSR count). The summed E-state index contributed by atoms with van der Waals surface area (Å²) in [4.78, 5) is 0. The molecule has 0 heterocycles. The van der Waals surface area contributed by atoms with Crippen molar-refractivity contribution in [3.05, 3.63) is 12.2 Å². The zero-order valence-electron chi connectivity index (χ0n) is 4.42. The molecule has 0 atom stereocenters.